The number of nitrogens with one attached hydrogen (secondary N) is 1. The number of pyridine rings is 1. The zero-order valence-corrected chi connectivity index (χ0v) is 14.1. The lowest BCUT2D eigenvalue weighted by atomic mass is 9.94. The van der Waals surface area contributed by atoms with Crippen molar-refractivity contribution in [2.45, 2.75) is 44.7 Å². The number of amides is 1. The molecule has 0 saturated carbocycles. The molecular weight excluding hydrogens is 288 g/mol. The van der Waals surface area contributed by atoms with E-state index in [1.165, 1.54) is 19.3 Å². The van der Waals surface area contributed by atoms with Gasteiger partial charge in [-0.2, -0.15) is 0 Å². The summed E-state index contributed by atoms with van der Waals surface area (Å²) in [6.45, 7) is 6.64. The fourth-order valence-electron chi connectivity index (χ4n) is 3.87. The summed E-state index contributed by atoms with van der Waals surface area (Å²) in [6.07, 6.45) is 8.40. The number of rotatable bonds is 4. The topological polar surface area (TPSA) is 48.5 Å². The van der Waals surface area contributed by atoms with Gasteiger partial charge >= 0.3 is 0 Å². The molecule has 3 rings (SSSR count). The van der Waals surface area contributed by atoms with Crippen LogP contribution < -0.4 is 5.32 Å². The highest BCUT2D eigenvalue weighted by Crippen LogP contribution is 2.31. The van der Waals surface area contributed by atoms with Crippen molar-refractivity contribution >= 4 is 5.91 Å². The normalized spacial score (nSPS) is 24.4. The molecule has 3 heterocycles. The van der Waals surface area contributed by atoms with Gasteiger partial charge in [0.25, 0.3) is 0 Å². The molecule has 1 aromatic heterocycles. The van der Waals surface area contributed by atoms with Crippen LogP contribution in [0.3, 0.4) is 0 Å². The molecule has 2 saturated heterocycles. The zero-order valence-electron chi connectivity index (χ0n) is 14.1. The van der Waals surface area contributed by atoms with Crippen molar-refractivity contribution < 1.29 is 4.79 Å². The zero-order chi connectivity index (χ0) is 16.1. The van der Waals surface area contributed by atoms with E-state index >= 15 is 0 Å². The first-order valence-corrected chi connectivity index (χ1v) is 8.96. The molecular formula is C18H28N4O. The number of likely N-dealkylation sites (tertiary alicyclic amines) is 1. The van der Waals surface area contributed by atoms with Crippen LogP contribution in [-0.4, -0.2) is 59.5 Å². The molecule has 2 aliphatic heterocycles. The number of carbonyl (C=O) groups is 1. The van der Waals surface area contributed by atoms with E-state index in [4.69, 9.17) is 0 Å². The molecule has 5 nitrogen and oxygen atoms in total. The number of carbonyl (C=O) groups excluding carboxylic acids is 1. The minimum atomic E-state index is -0.174. The molecule has 23 heavy (non-hydrogen) atoms. The second-order valence-electron chi connectivity index (χ2n) is 6.56. The van der Waals surface area contributed by atoms with E-state index in [1.807, 2.05) is 17.2 Å². The summed E-state index contributed by atoms with van der Waals surface area (Å²) < 4.78 is 0. The molecule has 0 aromatic carbocycles. The Morgan fingerprint density at radius 2 is 2.17 bits per heavy atom. The van der Waals surface area contributed by atoms with E-state index in [0.717, 1.165) is 44.7 Å². The maximum atomic E-state index is 13.3. The van der Waals surface area contributed by atoms with Crippen molar-refractivity contribution in [2.75, 3.05) is 32.7 Å². The van der Waals surface area contributed by atoms with Crippen LogP contribution in [-0.2, 0) is 4.79 Å². The number of piperazine rings is 1. The van der Waals surface area contributed by atoms with Crippen LogP contribution in [0.2, 0.25) is 0 Å². The minimum absolute atomic E-state index is 0.174. The SMILES string of the molecule is CCC1CCCCN1C(C(=O)N1CCNCC1)c1cccnc1. The molecule has 0 bridgehead atoms. The summed E-state index contributed by atoms with van der Waals surface area (Å²) in [5, 5.41) is 3.33. The smallest absolute Gasteiger partial charge is 0.244 e. The monoisotopic (exact) mass is 316 g/mol. The van der Waals surface area contributed by atoms with Gasteiger partial charge in [0.05, 0.1) is 0 Å². The van der Waals surface area contributed by atoms with Gasteiger partial charge in [0.15, 0.2) is 0 Å². The lowest BCUT2D eigenvalue weighted by molar-refractivity contribution is -0.139. The highest BCUT2D eigenvalue weighted by Gasteiger charge is 2.36. The highest BCUT2D eigenvalue weighted by atomic mass is 16.2. The average molecular weight is 316 g/mol. The molecule has 5 heteroatoms. The predicted molar refractivity (Wildman–Crippen MR) is 91.1 cm³/mol. The summed E-state index contributed by atoms with van der Waals surface area (Å²) in [5.41, 5.74) is 1.04. The Hall–Kier alpha value is -1.46. The third-order valence-electron chi connectivity index (χ3n) is 5.14. The number of hydrogen-bond acceptors (Lipinski definition) is 4. The van der Waals surface area contributed by atoms with Crippen molar-refractivity contribution in [2.24, 2.45) is 0 Å². The largest absolute Gasteiger partial charge is 0.338 e. The minimum Gasteiger partial charge on any atom is -0.338 e. The summed E-state index contributed by atoms with van der Waals surface area (Å²) in [5.74, 6) is 0.250. The molecule has 2 atom stereocenters. The molecule has 0 spiro atoms. The van der Waals surface area contributed by atoms with Crippen molar-refractivity contribution in [3.8, 4) is 0 Å². The first-order valence-electron chi connectivity index (χ1n) is 8.96. The van der Waals surface area contributed by atoms with Crippen molar-refractivity contribution in [3.05, 3.63) is 30.1 Å². The van der Waals surface area contributed by atoms with Gasteiger partial charge in [-0.1, -0.05) is 19.4 Å². The summed E-state index contributed by atoms with van der Waals surface area (Å²) in [7, 11) is 0. The second-order valence-corrected chi connectivity index (χ2v) is 6.56. The number of aromatic nitrogens is 1. The van der Waals surface area contributed by atoms with Crippen molar-refractivity contribution in [3.63, 3.8) is 0 Å². The van der Waals surface area contributed by atoms with E-state index in [0.29, 0.717) is 6.04 Å². The lowest BCUT2D eigenvalue weighted by Gasteiger charge is -2.42. The molecule has 2 aliphatic rings. The van der Waals surface area contributed by atoms with Gasteiger partial charge in [0.1, 0.15) is 6.04 Å². The Kier molecular flexibility index (Phi) is 5.62. The van der Waals surface area contributed by atoms with Gasteiger partial charge in [-0.25, -0.2) is 0 Å². The van der Waals surface area contributed by atoms with E-state index in [1.54, 1.807) is 6.20 Å². The summed E-state index contributed by atoms with van der Waals surface area (Å²) in [4.78, 5) is 22.0. The van der Waals surface area contributed by atoms with Crippen LogP contribution in [0.15, 0.2) is 24.5 Å². The quantitative estimate of drug-likeness (QED) is 0.920. The summed E-state index contributed by atoms with van der Waals surface area (Å²) >= 11 is 0. The standard InChI is InChI=1S/C18H28N4O/c1-2-16-7-3-4-11-22(16)17(15-6-5-8-20-14-15)18(23)21-12-9-19-10-13-21/h5-6,8,14,16-17,19H,2-4,7,9-13H2,1H3. The van der Waals surface area contributed by atoms with Crippen LogP contribution in [0.1, 0.15) is 44.2 Å². The third kappa shape index (κ3) is 3.72. The first-order chi connectivity index (χ1) is 11.3. The van der Waals surface area contributed by atoms with Crippen LogP contribution in [0, 0.1) is 0 Å². The number of hydrogen-bond donors (Lipinski definition) is 1. The fourth-order valence-corrected chi connectivity index (χ4v) is 3.87. The van der Waals surface area contributed by atoms with Crippen LogP contribution >= 0.6 is 0 Å². The van der Waals surface area contributed by atoms with E-state index in [2.05, 4.69) is 28.2 Å². The number of nitrogens with zero attached hydrogens (tertiary/aromatic N) is 3. The van der Waals surface area contributed by atoms with Gasteiger partial charge in [0, 0.05) is 44.6 Å². The predicted octanol–water partition coefficient (Wildman–Crippen LogP) is 1.82. The van der Waals surface area contributed by atoms with Crippen LogP contribution in [0.4, 0.5) is 0 Å². The second kappa shape index (κ2) is 7.88. The Labute approximate surface area is 139 Å². The highest BCUT2D eigenvalue weighted by molar-refractivity contribution is 5.83. The van der Waals surface area contributed by atoms with E-state index < -0.39 is 0 Å². The molecule has 126 valence electrons. The molecule has 1 amide bonds. The Balaban J connectivity index is 1.88. The van der Waals surface area contributed by atoms with Crippen molar-refractivity contribution in [1.29, 1.82) is 0 Å². The van der Waals surface area contributed by atoms with Crippen LogP contribution in [0.5, 0.6) is 0 Å². The maximum absolute atomic E-state index is 13.3. The Bertz CT molecular complexity index is 501. The molecule has 0 aliphatic carbocycles. The first kappa shape index (κ1) is 16.4. The van der Waals surface area contributed by atoms with Gasteiger partial charge in [0.2, 0.25) is 5.91 Å². The van der Waals surface area contributed by atoms with E-state index in [9.17, 15) is 4.79 Å². The van der Waals surface area contributed by atoms with Gasteiger partial charge in [-0.15, -0.1) is 0 Å². The van der Waals surface area contributed by atoms with Gasteiger partial charge in [-0.3, -0.25) is 14.7 Å². The fraction of sp³-hybridized carbons (Fsp3) is 0.667. The lowest BCUT2D eigenvalue weighted by Crippen LogP contribution is -2.53. The Morgan fingerprint density at radius 3 is 2.87 bits per heavy atom. The molecule has 2 unspecified atom stereocenters. The molecule has 1 N–H and O–H groups in total. The molecule has 0 radical (unpaired) electrons. The third-order valence-corrected chi connectivity index (χ3v) is 5.14. The van der Waals surface area contributed by atoms with Crippen LogP contribution in [0.25, 0.3) is 0 Å². The van der Waals surface area contributed by atoms with E-state index in [-0.39, 0.29) is 11.9 Å². The molecule has 1 aromatic rings. The maximum Gasteiger partial charge on any atom is 0.244 e. The average Bonchev–Trinajstić information content (AvgIpc) is 2.64. The van der Waals surface area contributed by atoms with Gasteiger partial charge in [-0.05, 0) is 37.4 Å². The van der Waals surface area contributed by atoms with Crippen molar-refractivity contribution in [1.82, 2.24) is 20.1 Å². The number of piperidine rings is 1. The summed E-state index contributed by atoms with van der Waals surface area (Å²) in [6, 6.07) is 4.32. The molecule has 2 fully saturated rings. The Morgan fingerprint density at radius 1 is 1.35 bits per heavy atom. The van der Waals surface area contributed by atoms with Gasteiger partial charge < -0.3 is 10.2 Å².